The average Bonchev–Trinajstić information content (AvgIpc) is 2.56. The zero-order chi connectivity index (χ0) is 17.9. The van der Waals surface area contributed by atoms with Gasteiger partial charge in [0, 0.05) is 13.1 Å². The van der Waals surface area contributed by atoms with E-state index >= 15 is 4.39 Å². The molecule has 4 rings (SSSR count). The number of carboxylic acids is 1. The van der Waals surface area contributed by atoms with Crippen molar-refractivity contribution in [3.63, 3.8) is 0 Å². The van der Waals surface area contributed by atoms with Crippen molar-refractivity contribution < 1.29 is 23.4 Å². The number of carbonyl (C=O) groups is 1. The summed E-state index contributed by atoms with van der Waals surface area (Å²) < 4.78 is 36.5. The van der Waals surface area contributed by atoms with Crippen LogP contribution in [0.25, 0.3) is 10.9 Å². The van der Waals surface area contributed by atoms with Crippen molar-refractivity contribution >= 4 is 34.3 Å². The average molecular weight is 368 g/mol. The molecule has 0 spiro atoms. The minimum atomic E-state index is -1.40. The minimum Gasteiger partial charge on any atom is -0.477 e. The molecule has 0 radical (unpaired) electrons. The van der Waals surface area contributed by atoms with E-state index in [4.69, 9.17) is 4.74 Å². The Bertz CT molecular complexity index is 969. The number of nitrogens with zero attached hydrogens (tertiary/aromatic N) is 2. The van der Waals surface area contributed by atoms with Crippen LogP contribution in [-0.4, -0.2) is 41.9 Å². The van der Waals surface area contributed by atoms with Crippen molar-refractivity contribution in [2.75, 3.05) is 31.2 Å². The molecule has 132 valence electrons. The molecule has 6 nitrogen and oxygen atoms in total. The van der Waals surface area contributed by atoms with Gasteiger partial charge in [-0.3, -0.25) is 4.79 Å². The predicted octanol–water partition coefficient (Wildman–Crippen LogP) is 2.44. The number of anilines is 1. The molecule has 0 bridgehead atoms. The molecule has 1 fully saturated rings. The second-order valence-corrected chi connectivity index (χ2v) is 7.22. The van der Waals surface area contributed by atoms with E-state index in [1.165, 1.54) is 16.3 Å². The monoisotopic (exact) mass is 368 g/mol. The lowest BCUT2D eigenvalue weighted by Crippen LogP contribution is -2.38. The number of hydrogen-bond acceptors (Lipinski definition) is 5. The number of pyridine rings is 1. The fraction of sp³-hybridized carbons (Fsp3) is 0.375. The Balaban J connectivity index is 2.06. The van der Waals surface area contributed by atoms with Crippen molar-refractivity contribution in [1.82, 2.24) is 4.57 Å². The van der Waals surface area contributed by atoms with Crippen LogP contribution in [-0.2, 0) is 4.74 Å². The Morgan fingerprint density at radius 2 is 2.04 bits per heavy atom. The predicted molar refractivity (Wildman–Crippen MR) is 88.7 cm³/mol. The molecule has 0 saturated carbocycles. The van der Waals surface area contributed by atoms with Crippen LogP contribution in [0.3, 0.4) is 0 Å². The van der Waals surface area contributed by atoms with Crippen LogP contribution in [0, 0.1) is 11.6 Å². The number of rotatable bonds is 2. The van der Waals surface area contributed by atoms with Crippen LogP contribution in [0.15, 0.2) is 15.9 Å². The molecule has 1 aromatic carbocycles. The van der Waals surface area contributed by atoms with Crippen molar-refractivity contribution in [3.05, 3.63) is 33.5 Å². The number of hydrogen-bond donors (Lipinski definition) is 1. The molecule has 1 saturated heterocycles. The molecule has 2 aromatic rings. The van der Waals surface area contributed by atoms with Crippen LogP contribution in [0.1, 0.15) is 22.7 Å². The van der Waals surface area contributed by atoms with Gasteiger partial charge in [0.25, 0.3) is 0 Å². The molecular weight excluding hydrogens is 354 g/mol. The van der Waals surface area contributed by atoms with Gasteiger partial charge in [0.1, 0.15) is 17.1 Å². The number of fused-ring (bicyclic) bond motifs is 3. The number of aromatic nitrogens is 1. The van der Waals surface area contributed by atoms with E-state index in [0.29, 0.717) is 26.3 Å². The zero-order valence-corrected chi connectivity index (χ0v) is 14.0. The topological polar surface area (TPSA) is 71.8 Å². The molecule has 1 unspecified atom stereocenters. The smallest absolute Gasteiger partial charge is 0.342 e. The Morgan fingerprint density at radius 3 is 2.64 bits per heavy atom. The Morgan fingerprint density at radius 1 is 1.36 bits per heavy atom. The van der Waals surface area contributed by atoms with Gasteiger partial charge in [0.15, 0.2) is 5.82 Å². The van der Waals surface area contributed by atoms with E-state index in [1.807, 2.05) is 0 Å². The number of morpholine rings is 1. The third kappa shape index (κ3) is 2.26. The molecule has 9 heteroatoms. The lowest BCUT2D eigenvalue weighted by Gasteiger charge is -2.34. The summed E-state index contributed by atoms with van der Waals surface area (Å²) in [5.74, 6) is -3.10. The van der Waals surface area contributed by atoms with E-state index in [1.54, 1.807) is 11.8 Å². The minimum absolute atomic E-state index is 0.0425. The van der Waals surface area contributed by atoms with Crippen molar-refractivity contribution in [2.24, 2.45) is 0 Å². The van der Waals surface area contributed by atoms with Gasteiger partial charge in [-0.25, -0.2) is 13.6 Å². The van der Waals surface area contributed by atoms with Gasteiger partial charge in [0.2, 0.25) is 5.43 Å². The van der Waals surface area contributed by atoms with Gasteiger partial charge in [0.05, 0.1) is 34.5 Å². The Kier molecular flexibility index (Phi) is 3.73. The largest absolute Gasteiger partial charge is 0.477 e. The third-order valence-corrected chi connectivity index (χ3v) is 5.68. The summed E-state index contributed by atoms with van der Waals surface area (Å²) in [6, 6.07) is 0.945. The molecule has 25 heavy (non-hydrogen) atoms. The Hall–Kier alpha value is -2.13. The van der Waals surface area contributed by atoms with Crippen LogP contribution >= 0.6 is 11.8 Å². The normalized spacial score (nSPS) is 19.6. The summed E-state index contributed by atoms with van der Waals surface area (Å²) in [4.78, 5) is 25.5. The highest BCUT2D eigenvalue weighted by Crippen LogP contribution is 2.47. The van der Waals surface area contributed by atoms with Crippen LogP contribution in [0.4, 0.5) is 14.5 Å². The first kappa shape index (κ1) is 16.3. The van der Waals surface area contributed by atoms with Crippen molar-refractivity contribution in [3.8, 4) is 0 Å². The van der Waals surface area contributed by atoms with Crippen LogP contribution < -0.4 is 10.3 Å². The lowest BCUT2D eigenvalue weighted by atomic mass is 10.1. The van der Waals surface area contributed by atoms with E-state index in [2.05, 4.69) is 0 Å². The van der Waals surface area contributed by atoms with Gasteiger partial charge in [-0.1, -0.05) is 11.8 Å². The molecule has 2 aliphatic rings. The first-order valence-electron chi connectivity index (χ1n) is 7.74. The standard InChI is InChI=1S/C16H14F2N2O4S/c1-7-20-12-8(14(21)10(16(22)23)15(20)25-7)6-9(17)13(11(12)18)19-2-4-24-5-3-19/h6-7H,2-5H2,1H3,(H,22,23). The lowest BCUT2D eigenvalue weighted by molar-refractivity contribution is 0.0689. The zero-order valence-electron chi connectivity index (χ0n) is 13.2. The molecule has 1 aromatic heterocycles. The number of halogens is 2. The number of ether oxygens (including phenoxy) is 1. The summed E-state index contributed by atoms with van der Waals surface area (Å²) >= 11 is 1.18. The van der Waals surface area contributed by atoms with E-state index in [9.17, 15) is 19.1 Å². The number of carboxylic acid groups (broad SMARTS) is 1. The summed E-state index contributed by atoms with van der Waals surface area (Å²) in [5.41, 5.74) is -1.54. The van der Waals surface area contributed by atoms with Crippen LogP contribution in [0.5, 0.6) is 0 Å². The number of thioether (sulfide) groups is 1. The van der Waals surface area contributed by atoms with E-state index in [-0.39, 0.29) is 27.0 Å². The second kappa shape index (κ2) is 5.70. The van der Waals surface area contributed by atoms with Crippen LogP contribution in [0.2, 0.25) is 0 Å². The molecular formula is C16H14F2N2O4S. The fourth-order valence-corrected chi connectivity index (χ4v) is 4.49. The van der Waals surface area contributed by atoms with Crippen molar-refractivity contribution in [1.29, 1.82) is 0 Å². The third-order valence-electron chi connectivity index (χ3n) is 4.50. The quantitative estimate of drug-likeness (QED) is 0.878. The van der Waals surface area contributed by atoms with E-state index < -0.39 is 28.6 Å². The Labute approximate surface area is 145 Å². The molecule has 1 N–H and O–H groups in total. The van der Waals surface area contributed by atoms with Crippen molar-refractivity contribution in [2.45, 2.75) is 17.3 Å². The molecule has 0 aliphatic carbocycles. The maximum absolute atomic E-state index is 15.2. The highest BCUT2D eigenvalue weighted by molar-refractivity contribution is 8.00. The van der Waals surface area contributed by atoms with Gasteiger partial charge in [-0.2, -0.15) is 0 Å². The molecule has 3 heterocycles. The maximum atomic E-state index is 15.2. The highest BCUT2D eigenvalue weighted by atomic mass is 32.2. The van der Waals surface area contributed by atoms with Gasteiger partial charge in [-0.15, -0.1) is 0 Å². The molecule has 1 atom stereocenters. The van der Waals surface area contributed by atoms with Gasteiger partial charge in [-0.05, 0) is 13.0 Å². The van der Waals surface area contributed by atoms with Gasteiger partial charge < -0.3 is 19.3 Å². The second-order valence-electron chi connectivity index (χ2n) is 5.92. The van der Waals surface area contributed by atoms with Gasteiger partial charge >= 0.3 is 5.97 Å². The summed E-state index contributed by atoms with van der Waals surface area (Å²) in [6.07, 6.45) is 0. The first-order valence-corrected chi connectivity index (χ1v) is 8.62. The number of aromatic carboxylic acids is 1. The highest BCUT2D eigenvalue weighted by Gasteiger charge is 2.35. The summed E-state index contributed by atoms with van der Waals surface area (Å²) in [6.45, 7) is 3.17. The molecule has 0 amide bonds. The fourth-order valence-electron chi connectivity index (χ4n) is 3.35. The maximum Gasteiger partial charge on any atom is 0.342 e. The summed E-state index contributed by atoms with van der Waals surface area (Å²) in [5, 5.41) is 9.02. The number of benzene rings is 1. The first-order chi connectivity index (χ1) is 11.9. The SMILES string of the molecule is CC1Sc2c(C(=O)O)c(=O)c3cc(F)c(N4CCOCC4)c(F)c3n21. The molecule has 2 aliphatic heterocycles. The summed E-state index contributed by atoms with van der Waals surface area (Å²) in [7, 11) is 0. The van der Waals surface area contributed by atoms with E-state index in [0.717, 1.165) is 6.07 Å².